The highest BCUT2D eigenvalue weighted by atomic mass is 31.2. The highest BCUT2D eigenvalue weighted by molar-refractivity contribution is 7.46. The smallest absolute Gasteiger partial charge is 0.458 e. The summed E-state index contributed by atoms with van der Waals surface area (Å²) >= 11 is 0. The summed E-state index contributed by atoms with van der Waals surface area (Å²) in [7, 11) is -4.76. The van der Waals surface area contributed by atoms with Gasteiger partial charge in [-0.25, -0.2) is 14.2 Å². The minimum absolute atomic E-state index is 0.410. The predicted octanol–water partition coefficient (Wildman–Crippen LogP) is 3.38. The lowest BCUT2D eigenvalue weighted by Gasteiger charge is -2.17. The zero-order valence-corrected chi connectivity index (χ0v) is 17.1. The van der Waals surface area contributed by atoms with Gasteiger partial charge in [0.2, 0.25) is 0 Å². The van der Waals surface area contributed by atoms with E-state index in [1.165, 1.54) is 18.2 Å². The van der Waals surface area contributed by atoms with Crippen LogP contribution >= 0.6 is 7.82 Å². The molecule has 0 radical (unpaired) electrons. The number of carbonyl (C=O) groups is 2. The van der Waals surface area contributed by atoms with Crippen molar-refractivity contribution in [1.82, 2.24) is 0 Å². The molecule has 0 aromatic rings. The molecule has 0 heterocycles. The van der Waals surface area contributed by atoms with Crippen LogP contribution in [0.1, 0.15) is 39.5 Å². The van der Waals surface area contributed by atoms with E-state index in [4.69, 9.17) is 19.3 Å². The van der Waals surface area contributed by atoms with Crippen molar-refractivity contribution < 1.29 is 37.9 Å². The Balaban J connectivity index is 4.64. The number of rotatable bonds is 14. The van der Waals surface area contributed by atoms with Crippen LogP contribution in [0.5, 0.6) is 0 Å². The standard InChI is InChI=1S/C19H29O8P/c1-3-5-7-9-11-13-18(20)25-15-17(16-26-28(22,23)24)27-19(21)14-12-10-8-6-4-2/h7-14,17H,3-6,15-16H2,1-2H3,(H2,22,23,24)/t17-/m1/s1. The van der Waals surface area contributed by atoms with Gasteiger partial charge >= 0.3 is 19.8 Å². The van der Waals surface area contributed by atoms with Crippen molar-refractivity contribution in [3.63, 3.8) is 0 Å². The van der Waals surface area contributed by atoms with E-state index in [0.717, 1.165) is 31.8 Å². The summed E-state index contributed by atoms with van der Waals surface area (Å²) in [6.45, 7) is 3.02. The van der Waals surface area contributed by atoms with E-state index in [-0.39, 0.29) is 0 Å². The lowest BCUT2D eigenvalue weighted by atomic mass is 10.3. The van der Waals surface area contributed by atoms with Crippen LogP contribution in [-0.2, 0) is 28.2 Å². The third kappa shape index (κ3) is 17.4. The van der Waals surface area contributed by atoms with Crippen LogP contribution in [-0.4, -0.2) is 41.0 Å². The average molecular weight is 416 g/mol. The fourth-order valence-electron chi connectivity index (χ4n) is 1.67. The number of hydrogen-bond acceptors (Lipinski definition) is 6. The van der Waals surface area contributed by atoms with Gasteiger partial charge in [0.05, 0.1) is 6.61 Å². The predicted molar refractivity (Wildman–Crippen MR) is 105 cm³/mol. The van der Waals surface area contributed by atoms with Gasteiger partial charge in [0.15, 0.2) is 6.10 Å². The molecular weight excluding hydrogens is 387 g/mol. The summed E-state index contributed by atoms with van der Waals surface area (Å²) < 4.78 is 25.1. The van der Waals surface area contributed by atoms with Gasteiger partial charge in [-0.15, -0.1) is 0 Å². The minimum atomic E-state index is -4.76. The number of esters is 2. The molecule has 2 N–H and O–H groups in total. The van der Waals surface area contributed by atoms with Crippen LogP contribution in [0.2, 0.25) is 0 Å². The van der Waals surface area contributed by atoms with Gasteiger partial charge in [0.25, 0.3) is 0 Å². The fourth-order valence-corrected chi connectivity index (χ4v) is 2.03. The summed E-state index contributed by atoms with van der Waals surface area (Å²) in [6, 6.07) is 0. The Morgan fingerprint density at radius 2 is 1.43 bits per heavy atom. The zero-order valence-electron chi connectivity index (χ0n) is 16.2. The number of phosphoric ester groups is 1. The first-order valence-electron chi connectivity index (χ1n) is 9.02. The Kier molecular flexibility index (Phi) is 14.9. The molecule has 0 spiro atoms. The molecule has 158 valence electrons. The number of unbranched alkanes of at least 4 members (excludes halogenated alkanes) is 2. The molecular formula is C19H29O8P. The third-order valence-electron chi connectivity index (χ3n) is 2.99. The summed E-state index contributed by atoms with van der Waals surface area (Å²) in [6.07, 6.45) is 15.0. The van der Waals surface area contributed by atoms with Gasteiger partial charge in [-0.2, -0.15) is 0 Å². The molecule has 0 fully saturated rings. The van der Waals surface area contributed by atoms with Crippen molar-refractivity contribution in [2.45, 2.75) is 45.6 Å². The van der Waals surface area contributed by atoms with E-state index in [9.17, 15) is 14.2 Å². The lowest BCUT2D eigenvalue weighted by molar-refractivity contribution is -0.154. The highest BCUT2D eigenvalue weighted by Crippen LogP contribution is 2.35. The zero-order chi connectivity index (χ0) is 21.3. The van der Waals surface area contributed by atoms with E-state index < -0.39 is 39.1 Å². The first-order chi connectivity index (χ1) is 13.3. The molecule has 0 aromatic carbocycles. The molecule has 0 unspecified atom stereocenters. The van der Waals surface area contributed by atoms with Gasteiger partial charge < -0.3 is 19.3 Å². The van der Waals surface area contributed by atoms with E-state index >= 15 is 0 Å². The van der Waals surface area contributed by atoms with Crippen LogP contribution < -0.4 is 0 Å². The Morgan fingerprint density at radius 3 is 1.93 bits per heavy atom. The van der Waals surface area contributed by atoms with Crippen LogP contribution in [0.3, 0.4) is 0 Å². The minimum Gasteiger partial charge on any atom is -0.458 e. The number of phosphoric acid groups is 1. The number of hydrogen-bond donors (Lipinski definition) is 2. The molecule has 1 atom stereocenters. The van der Waals surface area contributed by atoms with E-state index in [0.29, 0.717) is 0 Å². The summed E-state index contributed by atoms with van der Waals surface area (Å²) in [4.78, 5) is 41.0. The fraction of sp³-hybridized carbons (Fsp3) is 0.474. The van der Waals surface area contributed by atoms with Crippen LogP contribution in [0.4, 0.5) is 0 Å². The van der Waals surface area contributed by atoms with E-state index in [1.54, 1.807) is 12.2 Å². The summed E-state index contributed by atoms with van der Waals surface area (Å²) in [5.41, 5.74) is 0. The van der Waals surface area contributed by atoms with Crippen LogP contribution in [0.25, 0.3) is 0 Å². The second-order valence-electron chi connectivity index (χ2n) is 5.63. The van der Waals surface area contributed by atoms with Crippen LogP contribution in [0.15, 0.2) is 48.6 Å². The molecule has 0 rings (SSSR count). The van der Waals surface area contributed by atoms with E-state index in [1.807, 2.05) is 26.0 Å². The topological polar surface area (TPSA) is 119 Å². The van der Waals surface area contributed by atoms with Crippen molar-refractivity contribution in [3.8, 4) is 0 Å². The normalized spacial score (nSPS) is 13.7. The lowest BCUT2D eigenvalue weighted by Crippen LogP contribution is -2.28. The molecule has 0 aromatic heterocycles. The maximum atomic E-state index is 11.8. The Hall–Kier alpha value is -1.99. The van der Waals surface area contributed by atoms with Crippen LogP contribution in [0, 0.1) is 0 Å². The molecule has 0 aliphatic carbocycles. The summed E-state index contributed by atoms with van der Waals surface area (Å²) in [5, 5.41) is 0. The van der Waals surface area contributed by atoms with Gasteiger partial charge in [-0.1, -0.05) is 63.1 Å². The quantitative estimate of drug-likeness (QED) is 0.191. The second-order valence-corrected chi connectivity index (χ2v) is 6.87. The molecule has 9 heteroatoms. The monoisotopic (exact) mass is 416 g/mol. The van der Waals surface area contributed by atoms with E-state index in [2.05, 4.69) is 4.52 Å². The molecule has 0 amide bonds. The molecule has 0 aliphatic heterocycles. The van der Waals surface area contributed by atoms with Crippen molar-refractivity contribution in [3.05, 3.63) is 48.6 Å². The second kappa shape index (κ2) is 16.0. The SMILES string of the molecule is CCCC=CC=CC(=O)OC[C@H](COP(=O)(O)O)OC(=O)C=CC=CCCC. The number of ether oxygens (including phenoxy) is 2. The number of allylic oxidation sites excluding steroid dienone is 6. The first kappa shape index (κ1) is 26.0. The molecule has 8 nitrogen and oxygen atoms in total. The van der Waals surface area contributed by atoms with Gasteiger partial charge in [0, 0.05) is 12.2 Å². The van der Waals surface area contributed by atoms with Gasteiger partial charge in [-0.05, 0) is 12.8 Å². The molecule has 0 bridgehead atoms. The molecule has 28 heavy (non-hydrogen) atoms. The van der Waals surface area contributed by atoms with Gasteiger partial charge in [-0.3, -0.25) is 4.52 Å². The van der Waals surface area contributed by atoms with Crippen molar-refractivity contribution >= 4 is 19.8 Å². The Morgan fingerprint density at radius 1 is 0.893 bits per heavy atom. The van der Waals surface area contributed by atoms with Crippen molar-refractivity contribution in [2.75, 3.05) is 13.2 Å². The molecule has 0 aliphatic rings. The maximum Gasteiger partial charge on any atom is 0.469 e. The first-order valence-corrected chi connectivity index (χ1v) is 10.5. The Labute approximate surface area is 165 Å². The largest absolute Gasteiger partial charge is 0.469 e. The third-order valence-corrected chi connectivity index (χ3v) is 3.48. The van der Waals surface area contributed by atoms with Gasteiger partial charge in [0.1, 0.15) is 6.61 Å². The molecule has 0 saturated carbocycles. The molecule has 0 saturated heterocycles. The highest BCUT2D eigenvalue weighted by Gasteiger charge is 2.21. The average Bonchev–Trinajstić information content (AvgIpc) is 2.63. The number of carbonyl (C=O) groups excluding carboxylic acids is 2. The van der Waals surface area contributed by atoms with Crippen molar-refractivity contribution in [1.29, 1.82) is 0 Å². The summed E-state index contributed by atoms with van der Waals surface area (Å²) in [5.74, 6) is -1.44. The van der Waals surface area contributed by atoms with Crippen molar-refractivity contribution in [2.24, 2.45) is 0 Å². The Bertz CT molecular complexity index is 615. The maximum absolute atomic E-state index is 11.8.